The largest absolute Gasteiger partial charge is 0.398 e. The summed E-state index contributed by atoms with van der Waals surface area (Å²) in [6.45, 7) is 0. The summed E-state index contributed by atoms with van der Waals surface area (Å²) in [5.41, 5.74) is 17.2. The highest BCUT2D eigenvalue weighted by molar-refractivity contribution is 6.23. The Morgan fingerprint density at radius 3 is 1.88 bits per heavy atom. The van der Waals surface area contributed by atoms with Crippen LogP contribution in [0.15, 0.2) is 176 Å². The van der Waals surface area contributed by atoms with E-state index in [1.807, 2.05) is 36.4 Å². The van der Waals surface area contributed by atoms with E-state index in [0.717, 1.165) is 30.5 Å². The fraction of sp³-hybridized carbons (Fsp3) is 0.0638. The van der Waals surface area contributed by atoms with Crippen LogP contribution < -0.4 is 5.73 Å². The highest BCUT2D eigenvalue weighted by Crippen LogP contribution is 2.46. The summed E-state index contributed by atoms with van der Waals surface area (Å²) < 4.78 is 0. The molecule has 0 radical (unpaired) electrons. The monoisotopic (exact) mass is 615 g/mol. The van der Waals surface area contributed by atoms with Crippen LogP contribution >= 0.6 is 0 Å². The van der Waals surface area contributed by atoms with Gasteiger partial charge in [-0.25, -0.2) is 0 Å². The first-order chi connectivity index (χ1) is 23.8. The van der Waals surface area contributed by atoms with Gasteiger partial charge in [0.1, 0.15) is 0 Å². The smallest absolute Gasteiger partial charge is 0.0387 e. The molecule has 1 aliphatic carbocycles. The van der Waals surface area contributed by atoms with Crippen LogP contribution in [0.2, 0.25) is 0 Å². The van der Waals surface area contributed by atoms with E-state index in [1.165, 1.54) is 71.3 Å². The summed E-state index contributed by atoms with van der Waals surface area (Å²) >= 11 is 0. The van der Waals surface area contributed by atoms with Gasteiger partial charge >= 0.3 is 0 Å². The molecule has 0 unspecified atom stereocenters. The lowest BCUT2D eigenvalue weighted by atomic mass is 9.83. The quantitative estimate of drug-likeness (QED) is 0.140. The van der Waals surface area contributed by atoms with Crippen LogP contribution in [0.3, 0.4) is 0 Å². The molecule has 8 rings (SSSR count). The third kappa shape index (κ3) is 5.54. The lowest BCUT2D eigenvalue weighted by molar-refractivity contribution is 1.06. The van der Waals surface area contributed by atoms with E-state index in [2.05, 4.69) is 140 Å². The molecule has 0 fully saturated rings. The summed E-state index contributed by atoms with van der Waals surface area (Å²) in [6, 6.07) is 50.6. The number of benzene rings is 7. The molecule has 0 saturated heterocycles. The van der Waals surface area contributed by atoms with Crippen molar-refractivity contribution in [1.82, 2.24) is 0 Å². The van der Waals surface area contributed by atoms with Crippen LogP contribution in [0.25, 0.3) is 65.8 Å². The van der Waals surface area contributed by atoms with Crippen LogP contribution in [0.1, 0.15) is 29.5 Å². The minimum atomic E-state index is 0.768. The summed E-state index contributed by atoms with van der Waals surface area (Å²) in [5.74, 6) is 0. The average molecular weight is 616 g/mol. The Labute approximate surface area is 282 Å². The van der Waals surface area contributed by atoms with Crippen LogP contribution in [0.4, 0.5) is 0 Å². The van der Waals surface area contributed by atoms with Crippen molar-refractivity contribution in [3.8, 4) is 22.3 Å². The second-order valence-corrected chi connectivity index (χ2v) is 12.5. The SMILES string of the molecule is N/C(=C\C=C/Cc1cccc(-c2c3ccccc3c(-c3cccc4c(C5=CC=CCC5)cccc34)c3ccccc23)c1)c1ccccc1. The fourth-order valence-electron chi connectivity index (χ4n) is 7.32. The fourth-order valence-corrected chi connectivity index (χ4v) is 7.32. The highest BCUT2D eigenvalue weighted by Gasteiger charge is 2.19. The molecule has 0 amide bonds. The Morgan fingerprint density at radius 2 is 1.19 bits per heavy atom. The summed E-state index contributed by atoms with van der Waals surface area (Å²) in [4.78, 5) is 0. The first-order valence-corrected chi connectivity index (χ1v) is 16.8. The minimum Gasteiger partial charge on any atom is -0.398 e. The van der Waals surface area contributed by atoms with Crippen LogP contribution in [0.5, 0.6) is 0 Å². The minimum absolute atomic E-state index is 0.768. The van der Waals surface area contributed by atoms with Crippen LogP contribution in [-0.2, 0) is 6.42 Å². The van der Waals surface area contributed by atoms with Gasteiger partial charge in [-0.2, -0.15) is 0 Å². The van der Waals surface area contributed by atoms with Crippen molar-refractivity contribution >= 4 is 43.6 Å². The molecule has 0 aliphatic heterocycles. The molecular formula is C47H37N. The second-order valence-electron chi connectivity index (χ2n) is 12.5. The van der Waals surface area contributed by atoms with E-state index in [-0.39, 0.29) is 0 Å². The Hall–Kier alpha value is -5.92. The molecule has 1 heteroatoms. The zero-order chi connectivity index (χ0) is 32.3. The van der Waals surface area contributed by atoms with Gasteiger partial charge in [-0.3, -0.25) is 0 Å². The van der Waals surface area contributed by atoms with E-state index < -0.39 is 0 Å². The van der Waals surface area contributed by atoms with Gasteiger partial charge in [0.15, 0.2) is 0 Å². The van der Waals surface area contributed by atoms with Crippen molar-refractivity contribution in [2.24, 2.45) is 5.73 Å². The first kappa shape index (κ1) is 29.5. The highest BCUT2D eigenvalue weighted by atomic mass is 14.6. The molecule has 1 aliphatic rings. The zero-order valence-corrected chi connectivity index (χ0v) is 26.9. The van der Waals surface area contributed by atoms with Gasteiger partial charge in [-0.05, 0) is 102 Å². The van der Waals surface area contributed by atoms with Gasteiger partial charge in [0.25, 0.3) is 0 Å². The van der Waals surface area contributed by atoms with Gasteiger partial charge in [-0.15, -0.1) is 0 Å². The van der Waals surface area contributed by atoms with E-state index in [0.29, 0.717) is 0 Å². The maximum atomic E-state index is 6.31. The lowest BCUT2D eigenvalue weighted by Gasteiger charge is -2.20. The van der Waals surface area contributed by atoms with E-state index in [1.54, 1.807) is 0 Å². The molecule has 230 valence electrons. The van der Waals surface area contributed by atoms with Gasteiger partial charge in [-0.1, -0.05) is 170 Å². The summed E-state index contributed by atoms with van der Waals surface area (Å²) in [6.07, 6.45) is 16.0. The molecule has 0 atom stereocenters. The maximum Gasteiger partial charge on any atom is 0.0387 e. The third-order valence-electron chi connectivity index (χ3n) is 9.57. The molecule has 2 N–H and O–H groups in total. The molecule has 7 aromatic rings. The first-order valence-electron chi connectivity index (χ1n) is 16.8. The second kappa shape index (κ2) is 13.1. The number of nitrogens with two attached hydrogens (primary N) is 1. The van der Waals surface area contributed by atoms with E-state index >= 15 is 0 Å². The molecule has 1 nitrogen and oxygen atoms in total. The normalized spacial score (nSPS) is 13.5. The molecule has 0 bridgehead atoms. The number of fused-ring (bicyclic) bond motifs is 3. The third-order valence-corrected chi connectivity index (χ3v) is 9.57. The molecule has 48 heavy (non-hydrogen) atoms. The Morgan fingerprint density at radius 1 is 0.583 bits per heavy atom. The molecule has 7 aromatic carbocycles. The lowest BCUT2D eigenvalue weighted by Crippen LogP contribution is -1.94. The average Bonchev–Trinajstić information content (AvgIpc) is 3.16. The van der Waals surface area contributed by atoms with Gasteiger partial charge in [0, 0.05) is 5.70 Å². The Bertz CT molecular complexity index is 2360. The van der Waals surface area contributed by atoms with E-state index in [9.17, 15) is 0 Å². The standard InChI is InChI=1S/C47H37N/c48-45(35-20-5-2-6-21-35)31-12-7-16-33-17-13-22-36(32-33)46-41-23-8-10-25-43(41)47(44-26-11-9-24-42(44)46)40-30-15-28-38-37(27-14-29-39(38)40)34-18-3-1-4-19-34/h1-3,5-15,17-18,20-32H,4,16,19,48H2/b12-7-,45-31-. The van der Waals surface area contributed by atoms with Crippen molar-refractivity contribution in [1.29, 1.82) is 0 Å². The molecular weight excluding hydrogens is 579 g/mol. The number of hydrogen-bond donors (Lipinski definition) is 1. The zero-order valence-electron chi connectivity index (χ0n) is 26.9. The van der Waals surface area contributed by atoms with Gasteiger partial charge < -0.3 is 5.73 Å². The van der Waals surface area contributed by atoms with Crippen molar-refractivity contribution in [2.75, 3.05) is 0 Å². The molecule has 0 spiro atoms. The van der Waals surface area contributed by atoms with Crippen LogP contribution in [0, 0.1) is 0 Å². The Kier molecular flexibility index (Phi) is 8.02. The van der Waals surface area contributed by atoms with Crippen molar-refractivity contribution < 1.29 is 0 Å². The topological polar surface area (TPSA) is 26.0 Å². The predicted octanol–water partition coefficient (Wildman–Crippen LogP) is 12.3. The van der Waals surface area contributed by atoms with Gasteiger partial charge in [0.05, 0.1) is 0 Å². The molecule has 0 aromatic heterocycles. The molecule has 0 heterocycles. The van der Waals surface area contributed by atoms with E-state index in [4.69, 9.17) is 5.73 Å². The van der Waals surface area contributed by atoms with Crippen molar-refractivity contribution in [2.45, 2.75) is 19.3 Å². The van der Waals surface area contributed by atoms with Crippen molar-refractivity contribution in [3.05, 3.63) is 193 Å². The predicted molar refractivity (Wildman–Crippen MR) is 208 cm³/mol. The Balaban J connectivity index is 1.25. The number of rotatable bonds is 7. The maximum absolute atomic E-state index is 6.31. The summed E-state index contributed by atoms with van der Waals surface area (Å²) in [7, 11) is 0. The summed E-state index contributed by atoms with van der Waals surface area (Å²) in [5, 5.41) is 7.70. The van der Waals surface area contributed by atoms with Crippen molar-refractivity contribution in [3.63, 3.8) is 0 Å². The number of hydrogen-bond acceptors (Lipinski definition) is 1. The number of allylic oxidation sites excluding steroid dienone is 7. The van der Waals surface area contributed by atoms with Gasteiger partial charge in [0.2, 0.25) is 0 Å². The molecule has 0 saturated carbocycles. The van der Waals surface area contributed by atoms with Crippen LogP contribution in [-0.4, -0.2) is 0 Å².